The molecule has 162 valence electrons. The zero-order valence-electron chi connectivity index (χ0n) is 17.3. The molecule has 0 spiro atoms. The van der Waals surface area contributed by atoms with Crippen LogP contribution in [0.2, 0.25) is 0 Å². The van der Waals surface area contributed by atoms with Gasteiger partial charge in [0.25, 0.3) is 0 Å². The normalized spacial score (nSPS) is 15.5. The maximum atomic E-state index is 13.3. The molecule has 3 rings (SSSR count). The summed E-state index contributed by atoms with van der Waals surface area (Å²) in [6.07, 6.45) is 4.93. The molecule has 1 aliphatic rings. The molecule has 0 unspecified atom stereocenters. The second-order valence-corrected chi connectivity index (χ2v) is 9.40. The van der Waals surface area contributed by atoms with Gasteiger partial charge in [-0.2, -0.15) is 0 Å². The molecule has 1 fully saturated rings. The molecule has 2 aromatic rings. The van der Waals surface area contributed by atoms with Crippen LogP contribution in [0.15, 0.2) is 48.5 Å². The van der Waals surface area contributed by atoms with Crippen molar-refractivity contribution in [2.45, 2.75) is 38.6 Å². The van der Waals surface area contributed by atoms with Crippen molar-refractivity contribution in [2.75, 3.05) is 33.9 Å². The van der Waals surface area contributed by atoms with Crippen LogP contribution in [0.25, 0.3) is 0 Å². The number of benzene rings is 2. The summed E-state index contributed by atoms with van der Waals surface area (Å²) in [6, 6.07) is 11.7. The fourth-order valence-corrected chi connectivity index (χ4v) is 4.99. The topological polar surface area (TPSA) is 69.7 Å². The third kappa shape index (κ3) is 5.30. The summed E-state index contributed by atoms with van der Waals surface area (Å²) < 4.78 is 39.2. The van der Waals surface area contributed by atoms with Gasteiger partial charge in [-0.05, 0) is 74.2 Å². The van der Waals surface area contributed by atoms with E-state index >= 15 is 0 Å². The number of hydrogen-bond acceptors (Lipinski definition) is 4. The number of piperidine rings is 1. The zero-order valence-corrected chi connectivity index (χ0v) is 18.2. The van der Waals surface area contributed by atoms with Gasteiger partial charge in [0.1, 0.15) is 11.9 Å². The maximum absolute atomic E-state index is 13.3. The summed E-state index contributed by atoms with van der Waals surface area (Å²) in [7, 11) is -3.76. The lowest BCUT2D eigenvalue weighted by molar-refractivity contribution is -0.117. The molecule has 1 N–H and O–H groups in total. The Morgan fingerprint density at radius 3 is 2.20 bits per heavy atom. The van der Waals surface area contributed by atoms with Crippen molar-refractivity contribution in [1.29, 1.82) is 0 Å². The number of nitrogens with one attached hydrogen (secondary N) is 1. The van der Waals surface area contributed by atoms with Crippen LogP contribution >= 0.6 is 0 Å². The van der Waals surface area contributed by atoms with Crippen LogP contribution in [0.4, 0.5) is 21.5 Å². The van der Waals surface area contributed by atoms with E-state index < -0.39 is 27.8 Å². The number of sulfonamides is 1. The minimum atomic E-state index is -3.76. The van der Waals surface area contributed by atoms with Gasteiger partial charge in [0, 0.05) is 24.5 Å². The highest BCUT2D eigenvalue weighted by molar-refractivity contribution is 7.92. The van der Waals surface area contributed by atoms with Crippen LogP contribution in [-0.4, -0.2) is 39.7 Å². The van der Waals surface area contributed by atoms with Gasteiger partial charge in [-0.3, -0.25) is 9.10 Å². The first-order valence-corrected chi connectivity index (χ1v) is 12.1. The van der Waals surface area contributed by atoms with E-state index in [9.17, 15) is 17.6 Å². The van der Waals surface area contributed by atoms with Crippen LogP contribution in [0.1, 0.15) is 32.6 Å². The maximum Gasteiger partial charge on any atom is 0.248 e. The number of rotatable bonds is 7. The largest absolute Gasteiger partial charge is 0.372 e. The second-order valence-electron chi connectivity index (χ2n) is 7.54. The molecule has 1 heterocycles. The number of carbonyl (C=O) groups is 1. The molecule has 6 nitrogen and oxygen atoms in total. The van der Waals surface area contributed by atoms with E-state index in [-0.39, 0.29) is 12.1 Å². The Balaban J connectivity index is 1.77. The summed E-state index contributed by atoms with van der Waals surface area (Å²) in [4.78, 5) is 15.3. The van der Waals surface area contributed by atoms with Crippen molar-refractivity contribution >= 4 is 33.0 Å². The molecule has 0 bridgehead atoms. The Morgan fingerprint density at radius 2 is 1.67 bits per heavy atom. The summed E-state index contributed by atoms with van der Waals surface area (Å²) in [5.74, 6) is -0.906. The Labute approximate surface area is 177 Å². The van der Waals surface area contributed by atoms with Crippen molar-refractivity contribution in [3.05, 3.63) is 54.3 Å². The highest BCUT2D eigenvalue weighted by Gasteiger charge is 2.31. The lowest BCUT2D eigenvalue weighted by atomic mass is 10.1. The Morgan fingerprint density at radius 1 is 1.07 bits per heavy atom. The van der Waals surface area contributed by atoms with Gasteiger partial charge >= 0.3 is 0 Å². The minimum absolute atomic E-state index is 0.251. The van der Waals surface area contributed by atoms with E-state index in [1.54, 1.807) is 6.92 Å². The quantitative estimate of drug-likeness (QED) is 0.717. The van der Waals surface area contributed by atoms with Gasteiger partial charge in [-0.1, -0.05) is 6.92 Å². The SMILES string of the molecule is CC[C@@H](C(=O)Nc1ccc(N2CCCCC2)cc1)N(c1ccc(F)cc1)S(C)(=O)=O. The standard InChI is InChI=1S/C22H28FN3O3S/c1-3-21(26(30(2,28)29)20-11-7-17(23)8-12-20)22(27)24-18-9-13-19(14-10-18)25-15-5-4-6-16-25/h7-14,21H,3-6,15-16H2,1-2H3,(H,24,27)/t21-/m0/s1. The smallest absolute Gasteiger partial charge is 0.248 e. The third-order valence-electron chi connectivity index (χ3n) is 5.27. The molecular weight excluding hydrogens is 405 g/mol. The van der Waals surface area contributed by atoms with Gasteiger partial charge in [0.15, 0.2) is 0 Å². The van der Waals surface area contributed by atoms with Crippen molar-refractivity contribution in [3.63, 3.8) is 0 Å². The van der Waals surface area contributed by atoms with Gasteiger partial charge in [-0.15, -0.1) is 0 Å². The van der Waals surface area contributed by atoms with Gasteiger partial charge in [0.05, 0.1) is 11.9 Å². The highest BCUT2D eigenvalue weighted by Crippen LogP contribution is 2.25. The first-order valence-electron chi connectivity index (χ1n) is 10.2. The predicted octanol–water partition coefficient (Wildman–Crippen LogP) is 4.00. The fourth-order valence-electron chi connectivity index (χ4n) is 3.78. The van der Waals surface area contributed by atoms with Crippen molar-refractivity contribution in [3.8, 4) is 0 Å². The van der Waals surface area contributed by atoms with E-state index in [4.69, 9.17) is 0 Å². The third-order valence-corrected chi connectivity index (χ3v) is 6.45. The average molecular weight is 434 g/mol. The van der Waals surface area contributed by atoms with Gasteiger partial charge in [-0.25, -0.2) is 12.8 Å². The van der Waals surface area contributed by atoms with Crippen LogP contribution in [-0.2, 0) is 14.8 Å². The fraction of sp³-hybridized carbons (Fsp3) is 0.409. The molecular formula is C22H28FN3O3S. The lowest BCUT2D eigenvalue weighted by Gasteiger charge is -2.30. The Kier molecular flexibility index (Phi) is 6.97. The molecule has 1 saturated heterocycles. The first kappa shape index (κ1) is 22.1. The van der Waals surface area contributed by atoms with E-state index in [0.29, 0.717) is 5.69 Å². The van der Waals surface area contributed by atoms with Crippen LogP contribution in [0.5, 0.6) is 0 Å². The summed E-state index contributed by atoms with van der Waals surface area (Å²) in [5.41, 5.74) is 1.97. The van der Waals surface area contributed by atoms with Crippen molar-refractivity contribution < 1.29 is 17.6 Å². The van der Waals surface area contributed by atoms with Crippen LogP contribution < -0.4 is 14.5 Å². The number of halogens is 1. The number of hydrogen-bond donors (Lipinski definition) is 1. The minimum Gasteiger partial charge on any atom is -0.372 e. The number of carbonyl (C=O) groups excluding carboxylic acids is 1. The molecule has 0 saturated carbocycles. The number of anilines is 3. The van der Waals surface area contributed by atoms with E-state index in [1.807, 2.05) is 24.3 Å². The molecule has 1 amide bonds. The van der Waals surface area contributed by atoms with E-state index in [2.05, 4.69) is 10.2 Å². The summed E-state index contributed by atoms with van der Waals surface area (Å²) in [6.45, 7) is 3.81. The molecule has 2 aromatic carbocycles. The van der Waals surface area contributed by atoms with Gasteiger partial charge in [0.2, 0.25) is 15.9 Å². The Bertz CT molecular complexity index is 956. The molecule has 1 aliphatic heterocycles. The zero-order chi connectivity index (χ0) is 21.7. The summed E-state index contributed by atoms with van der Waals surface area (Å²) >= 11 is 0. The average Bonchev–Trinajstić information content (AvgIpc) is 2.73. The van der Waals surface area contributed by atoms with Crippen molar-refractivity contribution in [1.82, 2.24) is 0 Å². The molecule has 0 aromatic heterocycles. The number of nitrogens with zero attached hydrogens (tertiary/aromatic N) is 2. The molecule has 30 heavy (non-hydrogen) atoms. The Hall–Kier alpha value is -2.61. The lowest BCUT2D eigenvalue weighted by Crippen LogP contribution is -2.47. The van der Waals surface area contributed by atoms with Crippen molar-refractivity contribution in [2.24, 2.45) is 0 Å². The first-order chi connectivity index (χ1) is 14.3. The summed E-state index contributed by atoms with van der Waals surface area (Å²) in [5, 5.41) is 2.82. The number of amides is 1. The molecule has 0 radical (unpaired) electrons. The second kappa shape index (κ2) is 9.47. The molecule has 8 heteroatoms. The molecule has 0 aliphatic carbocycles. The molecule has 1 atom stereocenters. The van der Waals surface area contributed by atoms with Crippen LogP contribution in [0, 0.1) is 5.82 Å². The van der Waals surface area contributed by atoms with Gasteiger partial charge < -0.3 is 10.2 Å². The predicted molar refractivity (Wildman–Crippen MR) is 119 cm³/mol. The monoisotopic (exact) mass is 433 g/mol. The van der Waals surface area contributed by atoms with E-state index in [1.165, 1.54) is 43.5 Å². The van der Waals surface area contributed by atoms with E-state index in [0.717, 1.165) is 29.3 Å². The highest BCUT2D eigenvalue weighted by atomic mass is 32.2. The van der Waals surface area contributed by atoms with Crippen LogP contribution in [0.3, 0.4) is 0 Å².